The van der Waals surface area contributed by atoms with Crippen LogP contribution >= 0.6 is 0 Å². The average molecular weight is 278 g/mol. The molecule has 0 spiro atoms. The summed E-state index contributed by atoms with van der Waals surface area (Å²) in [6.45, 7) is 0. The van der Waals surface area contributed by atoms with Crippen molar-refractivity contribution in [1.29, 1.82) is 0 Å². The Kier molecular flexibility index (Phi) is 24.5. The van der Waals surface area contributed by atoms with Crippen LogP contribution in [0.1, 0.15) is 0 Å². The summed E-state index contributed by atoms with van der Waals surface area (Å²) in [6.07, 6.45) is 0. The molecule has 0 radical (unpaired) electrons. The minimum absolute atomic E-state index is 0. The van der Waals surface area contributed by atoms with Gasteiger partial charge in [0.2, 0.25) is 0 Å². The van der Waals surface area contributed by atoms with E-state index in [1.54, 1.807) is 0 Å². The van der Waals surface area contributed by atoms with Gasteiger partial charge >= 0.3 is 0 Å². The zero-order chi connectivity index (χ0) is 3.58. The molecule has 0 heterocycles. The molecule has 0 aliphatic carbocycles. The number of hydrogen-bond acceptors (Lipinski definition) is 3. The summed E-state index contributed by atoms with van der Waals surface area (Å²) in [4.78, 5) is 8.25. The fraction of sp³-hybridized carbons (Fsp3) is 0. The normalized spacial score (nSPS) is 4.00. The summed E-state index contributed by atoms with van der Waals surface area (Å²) in [7, 11) is 0. The second-order valence-electron chi connectivity index (χ2n) is 0.224. The first kappa shape index (κ1) is 16.5. The summed E-state index contributed by atoms with van der Waals surface area (Å²) < 4.78 is 0. The third-order valence-electron chi connectivity index (χ3n) is 0. The van der Waals surface area contributed by atoms with Crippen LogP contribution in [0.15, 0.2) is 0 Å². The van der Waals surface area contributed by atoms with Crippen molar-refractivity contribution in [3.8, 4) is 0 Å². The van der Waals surface area contributed by atoms with Crippen LogP contribution < -0.4 is 0 Å². The van der Waals surface area contributed by atoms with Crippen molar-refractivity contribution in [1.82, 2.24) is 0 Å². The van der Waals surface area contributed by atoms with Crippen LogP contribution in [0.3, 0.4) is 0 Å². The molecule has 0 aromatic carbocycles. The van der Waals surface area contributed by atoms with E-state index in [1.807, 2.05) is 0 Å². The molecule has 0 aromatic rings. The Hall–Kier alpha value is 0.105. The van der Waals surface area contributed by atoms with E-state index in [0.717, 1.165) is 0 Å². The van der Waals surface area contributed by atoms with Gasteiger partial charge in [0.05, 0.1) is 5.09 Å². The SMILES string of the molecule is O=[N+]([O-])[O-].[SiH4].[W]. The molecule has 38 valence electrons. The van der Waals surface area contributed by atoms with Gasteiger partial charge in [-0.05, 0) is 11.0 Å². The molecule has 0 N–H and O–H groups in total. The Labute approximate surface area is 52.9 Å². The number of rotatable bonds is 0. The Morgan fingerprint density at radius 2 is 1.33 bits per heavy atom. The van der Waals surface area contributed by atoms with E-state index < -0.39 is 5.09 Å². The van der Waals surface area contributed by atoms with E-state index >= 15 is 0 Å². The Morgan fingerprint density at radius 3 is 1.33 bits per heavy atom. The van der Waals surface area contributed by atoms with Crippen LogP contribution in [0.2, 0.25) is 0 Å². The summed E-state index contributed by atoms with van der Waals surface area (Å²) >= 11 is 0. The molecule has 6 heavy (non-hydrogen) atoms. The molecule has 0 aliphatic rings. The van der Waals surface area contributed by atoms with Crippen LogP contribution in [0, 0.1) is 15.3 Å². The molecule has 0 saturated heterocycles. The molecule has 4 nitrogen and oxygen atoms in total. The van der Waals surface area contributed by atoms with Gasteiger partial charge in [0.25, 0.3) is 0 Å². The molecule has 0 fully saturated rings. The second kappa shape index (κ2) is 8.92. The molecular weight excluding hydrogens is 274 g/mol. The van der Waals surface area contributed by atoms with Crippen LogP contribution in [-0.2, 0) is 21.1 Å². The van der Waals surface area contributed by atoms with Crippen molar-refractivity contribution in [2.75, 3.05) is 0 Å². The summed E-state index contributed by atoms with van der Waals surface area (Å²) in [5.74, 6) is 0. The Morgan fingerprint density at radius 1 is 1.33 bits per heavy atom. The quantitative estimate of drug-likeness (QED) is 0.301. The molecule has 0 aromatic heterocycles. The molecule has 0 saturated carbocycles. The average Bonchev–Trinajstić information content (AvgIpc) is 0.811. The van der Waals surface area contributed by atoms with Gasteiger partial charge in [0, 0.05) is 21.1 Å². The number of hydrogen-bond donors (Lipinski definition) is 0. The fourth-order valence-electron chi connectivity index (χ4n) is 0. The minimum Gasteiger partial charge on any atom is -0.356 e. The van der Waals surface area contributed by atoms with E-state index in [4.69, 9.17) is 15.3 Å². The third kappa shape index (κ3) is 3580. The zero-order valence-corrected chi connectivity index (χ0v) is 5.01. The van der Waals surface area contributed by atoms with Gasteiger partial charge in [-0.3, -0.25) is 0 Å². The van der Waals surface area contributed by atoms with Crippen molar-refractivity contribution in [2.24, 2.45) is 0 Å². The predicted octanol–water partition coefficient (Wildman–Crippen LogP) is -1.69. The summed E-state index contributed by atoms with van der Waals surface area (Å²) in [5.41, 5.74) is 0. The van der Waals surface area contributed by atoms with Crippen molar-refractivity contribution < 1.29 is 26.2 Å². The van der Waals surface area contributed by atoms with E-state index in [2.05, 4.69) is 0 Å². The maximum Gasteiger partial charge on any atom is 0.0689 e. The van der Waals surface area contributed by atoms with Crippen molar-refractivity contribution in [2.45, 2.75) is 0 Å². The van der Waals surface area contributed by atoms with Gasteiger partial charge in [-0.2, -0.15) is 0 Å². The largest absolute Gasteiger partial charge is 0.356 e. The molecule has 0 amide bonds. The molecule has 6 heteroatoms. The monoisotopic (exact) mass is 278 g/mol. The van der Waals surface area contributed by atoms with E-state index in [0.29, 0.717) is 0 Å². The van der Waals surface area contributed by atoms with Gasteiger partial charge in [0.1, 0.15) is 0 Å². The van der Waals surface area contributed by atoms with Crippen LogP contribution in [0.25, 0.3) is 0 Å². The van der Waals surface area contributed by atoms with Crippen molar-refractivity contribution in [3.63, 3.8) is 0 Å². The van der Waals surface area contributed by atoms with Crippen LogP contribution in [0.4, 0.5) is 0 Å². The van der Waals surface area contributed by atoms with E-state index in [-0.39, 0.29) is 32.0 Å². The number of nitrogens with zero attached hydrogens (tertiary/aromatic N) is 1. The topological polar surface area (TPSA) is 66.2 Å². The first-order valence-corrected chi connectivity index (χ1v) is 0.548. The minimum atomic E-state index is -1.75. The van der Waals surface area contributed by atoms with Gasteiger partial charge < -0.3 is 15.3 Å². The standard InChI is InChI=1S/NO3.H4Si.W/c2-1(3)4;;/h;1H4;/q-1;;. The molecule has 0 rings (SSSR count). The van der Waals surface area contributed by atoms with Gasteiger partial charge in [-0.25, -0.2) is 0 Å². The molecule has 0 unspecified atom stereocenters. The predicted molar refractivity (Wildman–Crippen MR) is 21.7 cm³/mol. The summed E-state index contributed by atoms with van der Waals surface area (Å²) in [5, 5.41) is 14.8. The fourth-order valence-corrected chi connectivity index (χ4v) is 0. The first-order chi connectivity index (χ1) is 1.73. The molecule has 0 atom stereocenters. The van der Waals surface area contributed by atoms with Gasteiger partial charge in [-0.15, -0.1) is 0 Å². The van der Waals surface area contributed by atoms with Gasteiger partial charge in [-0.1, -0.05) is 0 Å². The molecule has 0 aliphatic heterocycles. The van der Waals surface area contributed by atoms with Crippen molar-refractivity contribution in [3.05, 3.63) is 15.3 Å². The third-order valence-corrected chi connectivity index (χ3v) is 0. The Balaban J connectivity index is -0.0000000450. The Bertz CT molecular complexity index is 33.8. The maximum absolute atomic E-state index is 8.25. The smallest absolute Gasteiger partial charge is 0.0689 e. The molecule has 0 bridgehead atoms. The van der Waals surface area contributed by atoms with Crippen LogP contribution in [-0.4, -0.2) is 16.1 Å². The summed E-state index contributed by atoms with van der Waals surface area (Å²) in [6, 6.07) is 0. The van der Waals surface area contributed by atoms with Crippen molar-refractivity contribution >= 4 is 11.0 Å². The first-order valence-electron chi connectivity index (χ1n) is 0.548. The zero-order valence-electron chi connectivity index (χ0n) is 2.08. The van der Waals surface area contributed by atoms with Crippen LogP contribution in [0.5, 0.6) is 0 Å². The van der Waals surface area contributed by atoms with Gasteiger partial charge in [0.15, 0.2) is 0 Å². The maximum atomic E-state index is 8.25. The molecular formula is H4NO3SiW-. The van der Waals surface area contributed by atoms with E-state index in [9.17, 15) is 0 Å². The van der Waals surface area contributed by atoms with E-state index in [1.165, 1.54) is 0 Å². The second-order valence-corrected chi connectivity index (χ2v) is 0.224.